The second kappa shape index (κ2) is 5.96. The number of aromatic nitrogens is 1. The molecule has 1 atom stereocenters. The predicted molar refractivity (Wildman–Crippen MR) is 81.2 cm³/mol. The standard InChI is InChI=1S/C16H14ClNO5/c1-3-10(16(19)20)22-11-7-5-9-14(12-6-4-8(2)21-12)18-23-15(9)13(11)17/h4-7,10H,3H2,1-2H3,(H,19,20)/p-1. The highest BCUT2D eigenvalue weighted by Crippen LogP contribution is 2.38. The maximum absolute atomic E-state index is 11.0. The number of rotatable bonds is 5. The Labute approximate surface area is 136 Å². The number of halogens is 1. The van der Waals surface area contributed by atoms with Crippen LogP contribution < -0.4 is 9.84 Å². The van der Waals surface area contributed by atoms with E-state index < -0.39 is 12.1 Å². The highest BCUT2D eigenvalue weighted by Gasteiger charge is 2.20. The molecule has 1 unspecified atom stereocenters. The number of fused-ring (bicyclic) bond motifs is 1. The molecule has 1 aromatic carbocycles. The number of hydrogen-bond donors (Lipinski definition) is 0. The van der Waals surface area contributed by atoms with Gasteiger partial charge >= 0.3 is 0 Å². The van der Waals surface area contributed by atoms with Crippen LogP contribution in [0, 0.1) is 6.92 Å². The SMILES string of the molecule is CCC(Oc1ccc2c(-c3ccc(C)o3)noc2c1Cl)C(=O)[O-]. The van der Waals surface area contributed by atoms with Crippen molar-refractivity contribution in [2.45, 2.75) is 26.4 Å². The monoisotopic (exact) mass is 334 g/mol. The van der Waals surface area contributed by atoms with Crippen LogP contribution in [0.1, 0.15) is 19.1 Å². The first-order valence-corrected chi connectivity index (χ1v) is 7.41. The van der Waals surface area contributed by atoms with Crippen LogP contribution in [-0.4, -0.2) is 17.2 Å². The lowest BCUT2D eigenvalue weighted by Gasteiger charge is -2.18. The lowest BCUT2D eigenvalue weighted by Crippen LogP contribution is -2.39. The first-order valence-electron chi connectivity index (χ1n) is 7.03. The van der Waals surface area contributed by atoms with Crippen molar-refractivity contribution in [3.05, 3.63) is 35.0 Å². The fraction of sp³-hybridized carbons (Fsp3) is 0.250. The molecule has 0 aliphatic rings. The van der Waals surface area contributed by atoms with Gasteiger partial charge in [0.1, 0.15) is 22.6 Å². The van der Waals surface area contributed by atoms with Crippen LogP contribution in [-0.2, 0) is 4.79 Å². The summed E-state index contributed by atoms with van der Waals surface area (Å²) in [5, 5.41) is 15.8. The Morgan fingerprint density at radius 1 is 1.39 bits per heavy atom. The highest BCUT2D eigenvalue weighted by molar-refractivity contribution is 6.36. The Hall–Kier alpha value is -2.47. The van der Waals surface area contributed by atoms with Gasteiger partial charge in [-0.25, -0.2) is 0 Å². The quantitative estimate of drug-likeness (QED) is 0.712. The zero-order chi connectivity index (χ0) is 16.6. The zero-order valence-corrected chi connectivity index (χ0v) is 13.2. The fourth-order valence-corrected chi connectivity index (χ4v) is 2.48. The molecule has 0 saturated heterocycles. The topological polar surface area (TPSA) is 88.5 Å². The highest BCUT2D eigenvalue weighted by atomic mass is 35.5. The molecule has 0 fully saturated rings. The molecule has 6 nitrogen and oxygen atoms in total. The van der Waals surface area contributed by atoms with E-state index in [4.69, 9.17) is 25.3 Å². The molecule has 2 heterocycles. The number of benzene rings is 1. The summed E-state index contributed by atoms with van der Waals surface area (Å²) in [5.74, 6) is 0.218. The van der Waals surface area contributed by atoms with Crippen molar-refractivity contribution in [1.82, 2.24) is 5.16 Å². The Balaban J connectivity index is 2.02. The lowest BCUT2D eigenvalue weighted by atomic mass is 10.1. The van der Waals surface area contributed by atoms with E-state index in [0.29, 0.717) is 22.4 Å². The van der Waals surface area contributed by atoms with Gasteiger partial charge in [-0.05, 0) is 37.6 Å². The minimum atomic E-state index is -1.30. The van der Waals surface area contributed by atoms with E-state index in [1.54, 1.807) is 25.1 Å². The molecule has 3 rings (SSSR count). The minimum Gasteiger partial charge on any atom is -0.546 e. The molecule has 0 aliphatic carbocycles. The first-order chi connectivity index (χ1) is 11.0. The van der Waals surface area contributed by atoms with Crippen LogP contribution in [0.2, 0.25) is 5.02 Å². The summed E-state index contributed by atoms with van der Waals surface area (Å²) in [4.78, 5) is 11.0. The van der Waals surface area contributed by atoms with Crippen molar-refractivity contribution in [1.29, 1.82) is 0 Å². The molecule has 0 radical (unpaired) electrons. The van der Waals surface area contributed by atoms with Gasteiger partial charge in [-0.3, -0.25) is 0 Å². The van der Waals surface area contributed by atoms with Gasteiger partial charge < -0.3 is 23.6 Å². The van der Waals surface area contributed by atoms with E-state index in [0.717, 1.165) is 5.76 Å². The summed E-state index contributed by atoms with van der Waals surface area (Å²) in [7, 11) is 0. The molecule has 0 aliphatic heterocycles. The third-order valence-corrected chi connectivity index (χ3v) is 3.78. The van der Waals surface area contributed by atoms with Crippen LogP contribution >= 0.6 is 11.6 Å². The average Bonchev–Trinajstić information content (AvgIpc) is 3.12. The van der Waals surface area contributed by atoms with E-state index in [1.165, 1.54) is 0 Å². The molecular formula is C16H13ClNO5-. The zero-order valence-electron chi connectivity index (χ0n) is 12.5. The van der Waals surface area contributed by atoms with Crippen LogP contribution in [0.15, 0.2) is 33.2 Å². The van der Waals surface area contributed by atoms with Gasteiger partial charge in [0.05, 0.1) is 11.4 Å². The fourth-order valence-electron chi connectivity index (χ4n) is 2.24. The Kier molecular flexibility index (Phi) is 4.00. The van der Waals surface area contributed by atoms with Gasteiger partial charge in [0.25, 0.3) is 0 Å². The first kappa shape index (κ1) is 15.4. The second-order valence-electron chi connectivity index (χ2n) is 5.03. The Bertz CT molecular complexity index is 867. The number of ether oxygens (including phenoxy) is 1. The third-order valence-electron chi connectivity index (χ3n) is 3.42. The maximum atomic E-state index is 11.0. The molecule has 0 N–H and O–H groups in total. The maximum Gasteiger partial charge on any atom is 0.189 e. The molecule has 0 saturated carbocycles. The number of aryl methyl sites for hydroxylation is 1. The van der Waals surface area contributed by atoms with Gasteiger partial charge in [0.15, 0.2) is 17.0 Å². The normalized spacial score (nSPS) is 12.5. The minimum absolute atomic E-state index is 0.157. The van der Waals surface area contributed by atoms with E-state index in [-0.39, 0.29) is 17.2 Å². The van der Waals surface area contributed by atoms with Crippen molar-refractivity contribution in [3.63, 3.8) is 0 Å². The molecule has 7 heteroatoms. The number of carboxylic acids is 1. The summed E-state index contributed by atoms with van der Waals surface area (Å²) < 4.78 is 16.2. The summed E-state index contributed by atoms with van der Waals surface area (Å²) >= 11 is 6.25. The number of furan rings is 1. The van der Waals surface area contributed by atoms with Crippen molar-refractivity contribution < 1.29 is 23.6 Å². The summed E-state index contributed by atoms with van der Waals surface area (Å²) in [5.41, 5.74) is 0.829. The molecule has 0 amide bonds. The van der Waals surface area contributed by atoms with Crippen molar-refractivity contribution in [2.75, 3.05) is 0 Å². The number of carbonyl (C=O) groups excluding carboxylic acids is 1. The van der Waals surface area contributed by atoms with Crippen LogP contribution in [0.4, 0.5) is 0 Å². The number of hydrogen-bond acceptors (Lipinski definition) is 6. The molecule has 3 aromatic rings. The smallest absolute Gasteiger partial charge is 0.189 e. The second-order valence-corrected chi connectivity index (χ2v) is 5.41. The Morgan fingerprint density at radius 2 is 2.17 bits per heavy atom. The molecule has 2 aromatic heterocycles. The summed E-state index contributed by atoms with van der Waals surface area (Å²) in [6.45, 7) is 3.51. The lowest BCUT2D eigenvalue weighted by molar-refractivity contribution is -0.313. The predicted octanol–water partition coefficient (Wildman–Crippen LogP) is 2.96. The van der Waals surface area contributed by atoms with Crippen molar-refractivity contribution in [2.24, 2.45) is 0 Å². The van der Waals surface area contributed by atoms with E-state index in [9.17, 15) is 9.90 Å². The molecule has 23 heavy (non-hydrogen) atoms. The van der Waals surface area contributed by atoms with E-state index in [2.05, 4.69) is 5.16 Å². The third kappa shape index (κ3) is 2.77. The van der Waals surface area contributed by atoms with Crippen LogP contribution in [0.5, 0.6) is 5.75 Å². The largest absolute Gasteiger partial charge is 0.546 e. The van der Waals surface area contributed by atoms with Gasteiger partial charge in [-0.2, -0.15) is 0 Å². The van der Waals surface area contributed by atoms with Crippen molar-refractivity contribution in [3.8, 4) is 17.2 Å². The van der Waals surface area contributed by atoms with Crippen LogP contribution in [0.25, 0.3) is 22.4 Å². The summed E-state index contributed by atoms with van der Waals surface area (Å²) in [6, 6.07) is 6.88. The number of carboxylic acid groups (broad SMARTS) is 1. The number of nitrogens with zero attached hydrogens (tertiary/aromatic N) is 1. The molecular weight excluding hydrogens is 322 g/mol. The van der Waals surface area contributed by atoms with Crippen molar-refractivity contribution >= 4 is 28.5 Å². The average molecular weight is 335 g/mol. The summed E-state index contributed by atoms with van der Waals surface area (Å²) in [6.07, 6.45) is -0.829. The molecule has 0 bridgehead atoms. The van der Waals surface area contributed by atoms with Gasteiger partial charge in [0.2, 0.25) is 0 Å². The van der Waals surface area contributed by atoms with Gasteiger partial charge in [-0.15, -0.1) is 0 Å². The van der Waals surface area contributed by atoms with E-state index in [1.807, 2.05) is 13.0 Å². The molecule has 120 valence electrons. The molecule has 0 spiro atoms. The van der Waals surface area contributed by atoms with Crippen LogP contribution in [0.3, 0.4) is 0 Å². The van der Waals surface area contributed by atoms with Gasteiger partial charge in [-0.1, -0.05) is 23.7 Å². The number of aliphatic carboxylic acids is 1. The van der Waals surface area contributed by atoms with E-state index >= 15 is 0 Å². The Morgan fingerprint density at radius 3 is 2.78 bits per heavy atom. The number of carbonyl (C=O) groups is 1. The van der Waals surface area contributed by atoms with Gasteiger partial charge in [0, 0.05) is 0 Å².